The third-order valence-corrected chi connectivity index (χ3v) is 3.79. The van der Waals surface area contributed by atoms with Crippen LogP contribution < -0.4 is 71.0 Å². The topological polar surface area (TPSA) is 98.4 Å². The van der Waals surface area contributed by atoms with Crippen molar-refractivity contribution >= 4 is 11.0 Å². The molecule has 0 saturated heterocycles. The summed E-state index contributed by atoms with van der Waals surface area (Å²) in [6.45, 7) is 0. The van der Waals surface area contributed by atoms with Crippen LogP contribution in [0.4, 0.5) is 0 Å². The van der Waals surface area contributed by atoms with Crippen molar-refractivity contribution in [1.82, 2.24) is 0 Å². The number of phenols is 2. The van der Waals surface area contributed by atoms with E-state index in [1.807, 2.05) is 0 Å². The first-order valence-corrected chi connectivity index (χ1v) is 7.29. The summed E-state index contributed by atoms with van der Waals surface area (Å²) in [5.74, 6) is 0.318. The van der Waals surface area contributed by atoms with Gasteiger partial charge in [-0.2, -0.15) is 0 Å². The molecule has 7 nitrogen and oxygen atoms in total. The maximum Gasteiger partial charge on any atom is 1.00 e. The second-order valence-electron chi connectivity index (χ2n) is 5.20. The maximum absolute atomic E-state index is 12.7. The summed E-state index contributed by atoms with van der Waals surface area (Å²) in [6.07, 6.45) is 0. The largest absolute Gasteiger partial charge is 1.00 e. The van der Waals surface area contributed by atoms with Gasteiger partial charge in [0.2, 0.25) is 11.2 Å². The van der Waals surface area contributed by atoms with Gasteiger partial charge in [0.15, 0.2) is 17.3 Å². The fraction of sp³-hybridized carbons (Fsp3) is 0.167. The molecule has 0 unspecified atom stereocenters. The number of fused-ring (bicyclic) bond motifs is 1. The second-order valence-corrected chi connectivity index (χ2v) is 5.20. The first-order chi connectivity index (χ1) is 12.0. The molecule has 2 aromatic carbocycles. The molecule has 3 aromatic rings. The molecule has 0 bridgehead atoms. The molecule has 3 rings (SSSR count). The first kappa shape index (κ1) is 20.6. The van der Waals surface area contributed by atoms with Crippen LogP contribution in [-0.4, -0.2) is 31.5 Å². The number of rotatable bonds is 4. The van der Waals surface area contributed by atoms with Gasteiger partial charge >= 0.3 is 51.4 Å². The monoisotopic (exact) mass is 383 g/mol. The van der Waals surface area contributed by atoms with Gasteiger partial charge in [-0.05, 0) is 18.2 Å². The van der Waals surface area contributed by atoms with Crippen LogP contribution in [0.2, 0.25) is 0 Å². The number of hydrogen-bond donors (Lipinski definition) is 2. The molecule has 0 aliphatic rings. The SMILES string of the molecule is COc1cc(O)c2c(=O)c(OC)c(-c3ccc(O)c(OC)c3)oc2c1.[K+]. The fourth-order valence-electron chi connectivity index (χ4n) is 2.57. The molecule has 0 radical (unpaired) electrons. The van der Waals surface area contributed by atoms with Crippen LogP contribution in [0.15, 0.2) is 39.5 Å². The molecule has 1 heterocycles. The average molecular weight is 383 g/mol. The molecule has 0 aliphatic heterocycles. The average Bonchev–Trinajstić information content (AvgIpc) is 2.61. The van der Waals surface area contributed by atoms with Gasteiger partial charge in [-0.15, -0.1) is 0 Å². The van der Waals surface area contributed by atoms with E-state index < -0.39 is 5.43 Å². The number of aromatic hydroxyl groups is 2. The van der Waals surface area contributed by atoms with E-state index in [0.29, 0.717) is 11.3 Å². The van der Waals surface area contributed by atoms with E-state index in [2.05, 4.69) is 0 Å². The molecular formula is C18H16KO7+. The normalized spacial score (nSPS) is 10.3. The molecule has 8 heteroatoms. The summed E-state index contributed by atoms with van der Waals surface area (Å²) >= 11 is 0. The van der Waals surface area contributed by atoms with Crippen LogP contribution in [0.25, 0.3) is 22.3 Å². The zero-order valence-electron chi connectivity index (χ0n) is 14.8. The van der Waals surface area contributed by atoms with Gasteiger partial charge in [0.05, 0.1) is 21.3 Å². The quantitative estimate of drug-likeness (QED) is 0.607. The van der Waals surface area contributed by atoms with Crippen molar-refractivity contribution in [3.63, 3.8) is 0 Å². The predicted octanol–water partition coefficient (Wildman–Crippen LogP) is -0.0990. The van der Waals surface area contributed by atoms with Crippen LogP contribution in [0.1, 0.15) is 0 Å². The Bertz CT molecular complexity index is 1010. The van der Waals surface area contributed by atoms with Crippen LogP contribution in [-0.2, 0) is 0 Å². The van der Waals surface area contributed by atoms with Crippen molar-refractivity contribution < 1.29 is 80.2 Å². The summed E-state index contributed by atoms with van der Waals surface area (Å²) in [7, 11) is 4.18. The van der Waals surface area contributed by atoms with Crippen LogP contribution >= 0.6 is 0 Å². The van der Waals surface area contributed by atoms with E-state index in [0.717, 1.165) is 0 Å². The molecule has 0 saturated carbocycles. The summed E-state index contributed by atoms with van der Waals surface area (Å²) in [4.78, 5) is 12.7. The Hall–Kier alpha value is -1.71. The molecule has 26 heavy (non-hydrogen) atoms. The van der Waals surface area contributed by atoms with Crippen molar-refractivity contribution in [3.05, 3.63) is 40.6 Å². The Morgan fingerprint density at radius 1 is 0.923 bits per heavy atom. The van der Waals surface area contributed by atoms with E-state index >= 15 is 0 Å². The second kappa shape index (κ2) is 8.32. The summed E-state index contributed by atoms with van der Waals surface area (Å²) in [5.41, 5.74) is 0.0865. The Morgan fingerprint density at radius 3 is 2.27 bits per heavy atom. The number of hydrogen-bond acceptors (Lipinski definition) is 7. The molecule has 130 valence electrons. The summed E-state index contributed by atoms with van der Waals surface area (Å²) in [6, 6.07) is 7.31. The Morgan fingerprint density at radius 2 is 1.65 bits per heavy atom. The predicted molar refractivity (Wildman–Crippen MR) is 90.9 cm³/mol. The van der Waals surface area contributed by atoms with Gasteiger partial charge in [-0.25, -0.2) is 0 Å². The standard InChI is InChI=1S/C18H16O7.K/c1-22-10-7-12(20)15-14(8-10)25-17(18(24-3)16(15)21)9-4-5-11(19)13(6-9)23-2;/h4-8,19-20H,1-3H3;/q;+1. The molecule has 0 amide bonds. The van der Waals surface area contributed by atoms with E-state index in [4.69, 9.17) is 18.6 Å². The van der Waals surface area contributed by atoms with Crippen LogP contribution in [0.5, 0.6) is 28.7 Å². The number of benzene rings is 2. The van der Waals surface area contributed by atoms with Gasteiger partial charge in [0, 0.05) is 17.7 Å². The zero-order chi connectivity index (χ0) is 18.1. The maximum atomic E-state index is 12.7. The number of phenolic OH excluding ortho intramolecular Hbond substituents is 2. The third kappa shape index (κ3) is 3.56. The minimum Gasteiger partial charge on any atom is -0.507 e. The van der Waals surface area contributed by atoms with E-state index in [-0.39, 0.29) is 91.1 Å². The summed E-state index contributed by atoms with van der Waals surface area (Å²) in [5, 5.41) is 19.8. The minimum absolute atomic E-state index is 0. The molecular weight excluding hydrogens is 367 g/mol. The van der Waals surface area contributed by atoms with E-state index in [1.165, 1.54) is 45.6 Å². The van der Waals surface area contributed by atoms with Crippen molar-refractivity contribution in [2.24, 2.45) is 0 Å². The van der Waals surface area contributed by atoms with Gasteiger partial charge in [-0.3, -0.25) is 4.79 Å². The first-order valence-electron chi connectivity index (χ1n) is 7.29. The Balaban J connectivity index is 0.00000243. The molecule has 0 aliphatic carbocycles. The van der Waals surface area contributed by atoms with Crippen LogP contribution in [0.3, 0.4) is 0 Å². The Kier molecular flexibility index (Phi) is 6.59. The molecule has 1 aromatic heterocycles. The molecule has 2 N–H and O–H groups in total. The molecule has 0 atom stereocenters. The van der Waals surface area contributed by atoms with Gasteiger partial charge < -0.3 is 28.8 Å². The van der Waals surface area contributed by atoms with Crippen molar-refractivity contribution in [2.45, 2.75) is 0 Å². The number of methoxy groups -OCH3 is 3. The van der Waals surface area contributed by atoms with Crippen molar-refractivity contribution in [3.8, 4) is 40.1 Å². The fourth-order valence-corrected chi connectivity index (χ4v) is 2.57. The van der Waals surface area contributed by atoms with Gasteiger partial charge in [-0.1, -0.05) is 0 Å². The third-order valence-electron chi connectivity index (χ3n) is 3.79. The smallest absolute Gasteiger partial charge is 0.507 e. The number of ether oxygens (including phenoxy) is 3. The zero-order valence-corrected chi connectivity index (χ0v) is 17.9. The van der Waals surface area contributed by atoms with Crippen LogP contribution in [0, 0.1) is 0 Å². The van der Waals surface area contributed by atoms with E-state index in [1.54, 1.807) is 6.07 Å². The minimum atomic E-state index is -0.522. The van der Waals surface area contributed by atoms with Gasteiger partial charge in [0.25, 0.3) is 0 Å². The molecule has 0 fully saturated rings. The Labute approximate surface area is 191 Å². The van der Waals surface area contributed by atoms with E-state index in [9.17, 15) is 15.0 Å². The van der Waals surface area contributed by atoms with Crippen molar-refractivity contribution in [2.75, 3.05) is 21.3 Å². The van der Waals surface area contributed by atoms with Crippen molar-refractivity contribution in [1.29, 1.82) is 0 Å². The van der Waals surface area contributed by atoms with Gasteiger partial charge in [0.1, 0.15) is 22.5 Å². The summed E-state index contributed by atoms with van der Waals surface area (Å²) < 4.78 is 21.2. The molecule has 0 spiro atoms.